The number of nitrogens with two attached hydrogens (primary N) is 1. The summed E-state index contributed by atoms with van der Waals surface area (Å²) in [6.07, 6.45) is 2.57. The molecule has 0 aromatic heterocycles. The molecular formula is C12H19N3O. The minimum Gasteiger partial charge on any atom is -0.409 e. The molecule has 0 aliphatic rings. The highest BCUT2D eigenvalue weighted by atomic mass is 16.4. The summed E-state index contributed by atoms with van der Waals surface area (Å²) < 4.78 is 0. The highest BCUT2D eigenvalue weighted by Gasteiger charge is 1.95. The number of benzene rings is 1. The van der Waals surface area contributed by atoms with E-state index in [9.17, 15) is 0 Å². The van der Waals surface area contributed by atoms with Gasteiger partial charge in [-0.15, -0.1) is 0 Å². The van der Waals surface area contributed by atoms with Crippen LogP contribution in [0.3, 0.4) is 0 Å². The Morgan fingerprint density at radius 1 is 1.44 bits per heavy atom. The van der Waals surface area contributed by atoms with Crippen LogP contribution in [0.5, 0.6) is 0 Å². The van der Waals surface area contributed by atoms with E-state index in [4.69, 9.17) is 10.9 Å². The Kier molecular flexibility index (Phi) is 5.19. The summed E-state index contributed by atoms with van der Waals surface area (Å²) >= 11 is 0. The first-order valence-corrected chi connectivity index (χ1v) is 5.49. The zero-order chi connectivity index (χ0) is 11.8. The molecule has 0 bridgehead atoms. The highest BCUT2D eigenvalue weighted by Crippen LogP contribution is 2.09. The maximum atomic E-state index is 8.35. The van der Waals surface area contributed by atoms with Gasteiger partial charge in [-0.1, -0.05) is 17.3 Å². The molecule has 0 saturated heterocycles. The van der Waals surface area contributed by atoms with Crippen LogP contribution in [0, 0.1) is 6.92 Å². The monoisotopic (exact) mass is 221 g/mol. The second-order valence-corrected chi connectivity index (χ2v) is 3.84. The second-order valence-electron chi connectivity index (χ2n) is 3.84. The third-order valence-electron chi connectivity index (χ3n) is 2.34. The maximum Gasteiger partial charge on any atom is 0.139 e. The third-order valence-corrected chi connectivity index (χ3v) is 2.34. The van der Waals surface area contributed by atoms with Crippen LogP contribution in [0.15, 0.2) is 29.4 Å². The van der Waals surface area contributed by atoms with Crippen molar-refractivity contribution < 1.29 is 5.21 Å². The fraction of sp³-hybridized carbons (Fsp3) is 0.417. The van der Waals surface area contributed by atoms with Crippen LogP contribution >= 0.6 is 0 Å². The Labute approximate surface area is 96.2 Å². The van der Waals surface area contributed by atoms with Crippen LogP contribution in [-0.4, -0.2) is 17.6 Å². The summed E-state index contributed by atoms with van der Waals surface area (Å²) in [4.78, 5) is 0. The molecular weight excluding hydrogens is 202 g/mol. The van der Waals surface area contributed by atoms with Gasteiger partial charge in [-0.25, -0.2) is 0 Å². The van der Waals surface area contributed by atoms with Crippen molar-refractivity contribution in [3.8, 4) is 0 Å². The number of rotatable bonds is 6. The van der Waals surface area contributed by atoms with Crippen molar-refractivity contribution >= 4 is 11.5 Å². The number of nitrogens with one attached hydrogen (secondary N) is 1. The average molecular weight is 221 g/mol. The van der Waals surface area contributed by atoms with Crippen LogP contribution in [-0.2, 0) is 0 Å². The van der Waals surface area contributed by atoms with Gasteiger partial charge in [-0.2, -0.15) is 0 Å². The first-order valence-electron chi connectivity index (χ1n) is 5.49. The lowest BCUT2D eigenvalue weighted by Gasteiger charge is -2.06. The first-order chi connectivity index (χ1) is 7.72. The fourth-order valence-corrected chi connectivity index (χ4v) is 1.47. The van der Waals surface area contributed by atoms with Crippen molar-refractivity contribution in [2.75, 3.05) is 11.9 Å². The van der Waals surface area contributed by atoms with E-state index in [1.165, 1.54) is 5.56 Å². The number of amidine groups is 1. The van der Waals surface area contributed by atoms with E-state index in [0.29, 0.717) is 12.3 Å². The molecule has 1 aromatic rings. The molecule has 0 aliphatic carbocycles. The molecule has 1 rings (SSSR count). The van der Waals surface area contributed by atoms with Gasteiger partial charge in [0.2, 0.25) is 0 Å². The summed E-state index contributed by atoms with van der Waals surface area (Å²) in [5.74, 6) is 0.301. The molecule has 0 radical (unpaired) electrons. The minimum atomic E-state index is 0.301. The van der Waals surface area contributed by atoms with Gasteiger partial charge in [-0.3, -0.25) is 0 Å². The number of anilines is 1. The number of nitrogens with zero attached hydrogens (tertiary/aromatic N) is 1. The van der Waals surface area contributed by atoms with Gasteiger partial charge in [0.25, 0.3) is 0 Å². The quantitative estimate of drug-likeness (QED) is 0.227. The van der Waals surface area contributed by atoms with Crippen LogP contribution in [0.1, 0.15) is 24.8 Å². The second kappa shape index (κ2) is 6.71. The van der Waals surface area contributed by atoms with Gasteiger partial charge in [0.1, 0.15) is 5.84 Å². The minimum absolute atomic E-state index is 0.301. The van der Waals surface area contributed by atoms with Crippen LogP contribution in [0.2, 0.25) is 0 Å². The molecule has 4 heteroatoms. The molecule has 0 saturated carbocycles. The normalized spacial score (nSPS) is 11.4. The van der Waals surface area contributed by atoms with Crippen molar-refractivity contribution in [1.29, 1.82) is 0 Å². The predicted molar refractivity (Wildman–Crippen MR) is 66.9 cm³/mol. The predicted octanol–water partition coefficient (Wildman–Crippen LogP) is 2.32. The summed E-state index contributed by atoms with van der Waals surface area (Å²) in [7, 11) is 0. The zero-order valence-corrected chi connectivity index (χ0v) is 9.61. The van der Waals surface area contributed by atoms with E-state index >= 15 is 0 Å². The van der Waals surface area contributed by atoms with Crippen LogP contribution < -0.4 is 11.1 Å². The molecule has 1 aromatic carbocycles. The van der Waals surface area contributed by atoms with Crippen molar-refractivity contribution in [2.45, 2.75) is 26.2 Å². The Bertz CT molecular complexity index is 350. The lowest BCUT2D eigenvalue weighted by Crippen LogP contribution is -2.11. The van der Waals surface area contributed by atoms with Gasteiger partial charge < -0.3 is 16.3 Å². The number of hydrogen-bond acceptors (Lipinski definition) is 3. The standard InChI is InChI=1S/C12H19N3O/c1-10-5-4-6-11(9-10)14-8-3-2-7-12(13)15-16/h4-6,9,14,16H,2-3,7-8H2,1H3,(H2,13,15). The number of aryl methyl sites for hydroxylation is 1. The van der Waals surface area contributed by atoms with Crippen molar-refractivity contribution in [2.24, 2.45) is 10.9 Å². The summed E-state index contributed by atoms with van der Waals surface area (Å²) in [5, 5.41) is 14.6. The topological polar surface area (TPSA) is 70.6 Å². The average Bonchev–Trinajstić information content (AvgIpc) is 2.28. The molecule has 4 N–H and O–H groups in total. The van der Waals surface area contributed by atoms with E-state index in [2.05, 4.69) is 35.6 Å². The molecule has 0 aliphatic heterocycles. The smallest absolute Gasteiger partial charge is 0.139 e. The number of oxime groups is 1. The SMILES string of the molecule is Cc1cccc(NCCCCC(N)=NO)c1. The van der Waals surface area contributed by atoms with Crippen LogP contribution in [0.4, 0.5) is 5.69 Å². The number of unbranched alkanes of at least 4 members (excludes halogenated alkanes) is 1. The summed E-state index contributed by atoms with van der Waals surface area (Å²) in [6, 6.07) is 8.28. The number of hydrogen-bond donors (Lipinski definition) is 3. The molecule has 0 spiro atoms. The Balaban J connectivity index is 2.16. The largest absolute Gasteiger partial charge is 0.409 e. The van der Waals surface area contributed by atoms with Crippen LogP contribution in [0.25, 0.3) is 0 Å². The Morgan fingerprint density at radius 2 is 2.25 bits per heavy atom. The van der Waals surface area contributed by atoms with Gasteiger partial charge in [-0.05, 0) is 37.5 Å². The maximum absolute atomic E-state index is 8.35. The molecule has 0 atom stereocenters. The lowest BCUT2D eigenvalue weighted by atomic mass is 10.2. The van der Waals surface area contributed by atoms with E-state index < -0.39 is 0 Å². The van der Waals surface area contributed by atoms with E-state index in [1.807, 2.05) is 6.07 Å². The van der Waals surface area contributed by atoms with E-state index in [1.54, 1.807) is 0 Å². The first kappa shape index (κ1) is 12.4. The fourth-order valence-electron chi connectivity index (χ4n) is 1.47. The summed E-state index contributed by atoms with van der Waals surface area (Å²) in [6.45, 7) is 2.98. The van der Waals surface area contributed by atoms with Gasteiger partial charge in [0.15, 0.2) is 0 Å². The molecule has 4 nitrogen and oxygen atoms in total. The molecule has 0 heterocycles. The van der Waals surface area contributed by atoms with Gasteiger partial charge in [0.05, 0.1) is 0 Å². The molecule has 88 valence electrons. The van der Waals surface area contributed by atoms with Crippen molar-refractivity contribution in [3.05, 3.63) is 29.8 Å². The van der Waals surface area contributed by atoms with E-state index in [0.717, 1.165) is 25.1 Å². The van der Waals surface area contributed by atoms with Gasteiger partial charge >= 0.3 is 0 Å². The third kappa shape index (κ3) is 4.68. The highest BCUT2D eigenvalue weighted by molar-refractivity contribution is 5.79. The lowest BCUT2D eigenvalue weighted by molar-refractivity contribution is 0.316. The Hall–Kier alpha value is -1.71. The molecule has 0 amide bonds. The Morgan fingerprint density at radius 3 is 2.94 bits per heavy atom. The molecule has 16 heavy (non-hydrogen) atoms. The molecule has 0 unspecified atom stereocenters. The zero-order valence-electron chi connectivity index (χ0n) is 9.61. The van der Waals surface area contributed by atoms with E-state index in [-0.39, 0.29) is 0 Å². The molecule has 0 fully saturated rings. The van der Waals surface area contributed by atoms with Crippen molar-refractivity contribution in [1.82, 2.24) is 0 Å². The summed E-state index contributed by atoms with van der Waals surface area (Å²) in [5.41, 5.74) is 7.76. The van der Waals surface area contributed by atoms with Crippen molar-refractivity contribution in [3.63, 3.8) is 0 Å². The van der Waals surface area contributed by atoms with Gasteiger partial charge in [0, 0.05) is 18.7 Å².